The summed E-state index contributed by atoms with van der Waals surface area (Å²) in [5.41, 5.74) is 0.737. The highest BCUT2D eigenvalue weighted by atomic mass is 79.9. The van der Waals surface area contributed by atoms with Gasteiger partial charge < -0.3 is 5.11 Å². The number of amides is 2. The van der Waals surface area contributed by atoms with Gasteiger partial charge in [0, 0.05) is 56.3 Å². The minimum Gasteiger partial charge on any atom is -0.511 e. The molecule has 2 aliphatic heterocycles. The molecule has 0 unspecified atom stereocenters. The predicted molar refractivity (Wildman–Crippen MR) is 134 cm³/mol. The Labute approximate surface area is 208 Å². The van der Waals surface area contributed by atoms with Gasteiger partial charge in [0.1, 0.15) is 5.76 Å². The molecule has 0 spiro atoms. The van der Waals surface area contributed by atoms with E-state index in [4.69, 9.17) is 0 Å². The van der Waals surface area contributed by atoms with Gasteiger partial charge in [-0.1, -0.05) is 29.8 Å². The van der Waals surface area contributed by atoms with Crippen LogP contribution in [0.4, 0.5) is 5.69 Å². The van der Waals surface area contributed by atoms with Crippen LogP contribution >= 0.6 is 15.9 Å². The van der Waals surface area contributed by atoms with Crippen molar-refractivity contribution in [3.8, 4) is 0 Å². The van der Waals surface area contributed by atoms with Crippen molar-refractivity contribution >= 4 is 45.4 Å². The molecule has 0 radical (unpaired) electrons. The number of nitrogens with zero attached hydrogens (tertiary/aromatic N) is 4. The average molecular weight is 531 g/mol. The van der Waals surface area contributed by atoms with Gasteiger partial charge in [-0.05, 0) is 29.7 Å². The first-order valence-electron chi connectivity index (χ1n) is 11.7. The van der Waals surface area contributed by atoms with E-state index in [9.17, 15) is 19.5 Å². The van der Waals surface area contributed by atoms with Crippen molar-refractivity contribution in [1.82, 2.24) is 9.80 Å². The number of allylic oxidation sites excluding steroid dienone is 2. The lowest BCUT2D eigenvalue weighted by Gasteiger charge is -2.36. The van der Waals surface area contributed by atoms with Crippen LogP contribution in [-0.2, 0) is 14.4 Å². The van der Waals surface area contributed by atoms with Gasteiger partial charge in [0.2, 0.25) is 5.91 Å². The molecule has 8 nitrogen and oxygen atoms in total. The molecule has 0 aromatic heterocycles. The molecule has 0 saturated carbocycles. The maximum absolute atomic E-state index is 13.0. The molecule has 0 bridgehead atoms. The van der Waals surface area contributed by atoms with Crippen molar-refractivity contribution in [3.63, 3.8) is 0 Å². The molecule has 1 atom stereocenters. The Kier molecular flexibility index (Phi) is 7.35. The van der Waals surface area contributed by atoms with E-state index in [1.54, 1.807) is 12.1 Å². The molecule has 3 aliphatic rings. The summed E-state index contributed by atoms with van der Waals surface area (Å²) in [4.78, 5) is 47.9. The summed E-state index contributed by atoms with van der Waals surface area (Å²) >= 11 is 3.38. The summed E-state index contributed by atoms with van der Waals surface area (Å²) < 4.78 is 0.898. The van der Waals surface area contributed by atoms with Crippen LogP contribution in [0.25, 0.3) is 0 Å². The Morgan fingerprint density at radius 2 is 1.76 bits per heavy atom. The standard InChI is InChI=1S/C25H31BrN4O4/c1-25(2)14-21(31)19(22(32)15-25)16-27-7-8-28-9-11-29(12-10-28)20-13-23(33)30(24(20)34)18-5-3-17(26)4-6-18/h3-6,16,20,31H,7-15H2,1-2H3/t20-/m0/s1. The number of aliphatic hydroxyl groups is 1. The van der Waals surface area contributed by atoms with Crippen molar-refractivity contribution in [3.05, 3.63) is 40.1 Å². The highest BCUT2D eigenvalue weighted by Crippen LogP contribution is 2.35. The molecule has 4 rings (SSSR count). The molecule has 2 fully saturated rings. The number of aliphatic imine (C=N–C) groups is 1. The Morgan fingerprint density at radius 1 is 1.09 bits per heavy atom. The van der Waals surface area contributed by atoms with Crippen molar-refractivity contribution in [2.75, 3.05) is 44.2 Å². The number of aliphatic hydroxyl groups excluding tert-OH is 1. The number of anilines is 1. The Bertz CT molecular complexity index is 1030. The highest BCUT2D eigenvalue weighted by Gasteiger charge is 2.43. The summed E-state index contributed by atoms with van der Waals surface area (Å²) in [6, 6.07) is 6.80. The lowest BCUT2D eigenvalue weighted by molar-refractivity contribution is -0.123. The maximum Gasteiger partial charge on any atom is 0.251 e. The van der Waals surface area contributed by atoms with Gasteiger partial charge in [-0.25, -0.2) is 4.90 Å². The quantitative estimate of drug-likeness (QED) is 0.448. The van der Waals surface area contributed by atoms with Crippen molar-refractivity contribution in [2.45, 2.75) is 39.2 Å². The molecule has 182 valence electrons. The molecular formula is C25H31BrN4O4. The average Bonchev–Trinajstić information content (AvgIpc) is 3.07. The Balaban J connectivity index is 1.26. The number of halogens is 1. The van der Waals surface area contributed by atoms with E-state index < -0.39 is 6.04 Å². The number of imide groups is 1. The summed E-state index contributed by atoms with van der Waals surface area (Å²) in [5, 5.41) is 10.2. The smallest absolute Gasteiger partial charge is 0.251 e. The fraction of sp³-hybridized carbons (Fsp3) is 0.520. The third-order valence-corrected chi connectivity index (χ3v) is 7.25. The van der Waals surface area contributed by atoms with Gasteiger partial charge in [-0.15, -0.1) is 0 Å². The Morgan fingerprint density at radius 3 is 2.41 bits per heavy atom. The number of carbonyl (C=O) groups is 3. The molecule has 1 aliphatic carbocycles. The van der Waals surface area contributed by atoms with E-state index in [1.165, 1.54) is 11.1 Å². The van der Waals surface area contributed by atoms with Crippen molar-refractivity contribution in [1.29, 1.82) is 0 Å². The number of hydrogen-bond acceptors (Lipinski definition) is 7. The molecule has 1 aromatic rings. The van der Waals surface area contributed by atoms with Crippen LogP contribution < -0.4 is 4.90 Å². The first kappa shape index (κ1) is 24.8. The highest BCUT2D eigenvalue weighted by molar-refractivity contribution is 9.10. The van der Waals surface area contributed by atoms with Crippen LogP contribution in [0.15, 0.2) is 45.1 Å². The maximum atomic E-state index is 13.0. The molecule has 1 aromatic carbocycles. The third-order valence-electron chi connectivity index (χ3n) is 6.72. The fourth-order valence-electron chi connectivity index (χ4n) is 4.86. The second-order valence-electron chi connectivity index (χ2n) is 9.98. The molecule has 2 heterocycles. The largest absolute Gasteiger partial charge is 0.511 e. The number of carbonyl (C=O) groups excluding carboxylic acids is 3. The lowest BCUT2D eigenvalue weighted by atomic mass is 9.77. The lowest BCUT2D eigenvalue weighted by Crippen LogP contribution is -2.52. The van der Waals surface area contributed by atoms with Crippen LogP contribution in [-0.4, -0.2) is 84.0 Å². The van der Waals surface area contributed by atoms with Gasteiger partial charge in [0.15, 0.2) is 5.78 Å². The van der Waals surface area contributed by atoms with Gasteiger partial charge in [0.25, 0.3) is 5.91 Å². The topological polar surface area (TPSA) is 93.5 Å². The first-order valence-corrected chi connectivity index (χ1v) is 12.5. The minimum absolute atomic E-state index is 0.0564. The second-order valence-corrected chi connectivity index (χ2v) is 10.9. The SMILES string of the molecule is CC1(C)CC(=O)C(C=NCCN2CCN([C@H]3CC(=O)N(c4ccc(Br)cc4)C3=O)CC2)=C(O)C1. The predicted octanol–water partition coefficient (Wildman–Crippen LogP) is 2.97. The van der Waals surface area contributed by atoms with Gasteiger partial charge in [-0.3, -0.25) is 29.2 Å². The van der Waals surface area contributed by atoms with E-state index in [0.717, 1.165) is 24.1 Å². The summed E-state index contributed by atoms with van der Waals surface area (Å²) in [6.07, 6.45) is 2.64. The van der Waals surface area contributed by atoms with Gasteiger partial charge in [0.05, 0.1) is 30.3 Å². The molecule has 2 saturated heterocycles. The third kappa shape index (κ3) is 5.47. The summed E-state index contributed by atoms with van der Waals surface area (Å²) in [6.45, 7) is 8.21. The minimum atomic E-state index is -0.409. The molecule has 9 heteroatoms. The monoisotopic (exact) mass is 530 g/mol. The fourth-order valence-corrected chi connectivity index (χ4v) is 5.13. The van der Waals surface area contributed by atoms with E-state index in [-0.39, 0.29) is 35.2 Å². The molecule has 34 heavy (non-hydrogen) atoms. The van der Waals surface area contributed by atoms with E-state index in [2.05, 4.69) is 30.7 Å². The van der Waals surface area contributed by atoms with Gasteiger partial charge in [-0.2, -0.15) is 0 Å². The van der Waals surface area contributed by atoms with Crippen molar-refractivity contribution < 1.29 is 19.5 Å². The number of ketones is 1. The van der Waals surface area contributed by atoms with E-state index in [0.29, 0.717) is 43.7 Å². The van der Waals surface area contributed by atoms with Crippen LogP contribution in [0.1, 0.15) is 33.1 Å². The Hall–Kier alpha value is -2.36. The summed E-state index contributed by atoms with van der Waals surface area (Å²) in [5.74, 6) is -0.239. The number of Topliss-reactive ketones (excluding diaryl/α,β-unsaturated/α-hetero) is 1. The van der Waals surface area contributed by atoms with Crippen LogP contribution in [0.5, 0.6) is 0 Å². The zero-order valence-electron chi connectivity index (χ0n) is 19.7. The number of rotatable bonds is 6. The van der Waals surface area contributed by atoms with Crippen LogP contribution in [0.2, 0.25) is 0 Å². The zero-order chi connectivity index (χ0) is 24.5. The number of piperazine rings is 1. The first-order chi connectivity index (χ1) is 16.1. The second kappa shape index (κ2) is 10.1. The van der Waals surface area contributed by atoms with Crippen LogP contribution in [0, 0.1) is 5.41 Å². The number of benzene rings is 1. The van der Waals surface area contributed by atoms with E-state index >= 15 is 0 Å². The number of hydrogen-bond donors (Lipinski definition) is 1. The molecule has 2 amide bonds. The van der Waals surface area contributed by atoms with Gasteiger partial charge >= 0.3 is 0 Å². The van der Waals surface area contributed by atoms with E-state index in [1.807, 2.05) is 26.0 Å². The molecular weight excluding hydrogens is 500 g/mol. The zero-order valence-corrected chi connectivity index (χ0v) is 21.3. The molecule has 1 N–H and O–H groups in total. The normalized spacial score (nSPS) is 24.6. The summed E-state index contributed by atoms with van der Waals surface area (Å²) in [7, 11) is 0. The van der Waals surface area contributed by atoms with Crippen LogP contribution in [0.3, 0.4) is 0 Å². The van der Waals surface area contributed by atoms with Crippen molar-refractivity contribution in [2.24, 2.45) is 10.4 Å².